The van der Waals surface area contributed by atoms with E-state index in [0.717, 1.165) is 6.07 Å². The Morgan fingerprint density at radius 1 is 1.33 bits per heavy atom. The van der Waals surface area contributed by atoms with E-state index in [0.29, 0.717) is 5.56 Å². The van der Waals surface area contributed by atoms with Gasteiger partial charge in [0.15, 0.2) is 5.43 Å². The molecule has 0 atom stereocenters. The number of carboxylic acids is 1. The first-order chi connectivity index (χ1) is 10.0. The van der Waals surface area contributed by atoms with Gasteiger partial charge in [0.25, 0.3) is 0 Å². The highest BCUT2D eigenvalue weighted by Crippen LogP contribution is 2.15. The van der Waals surface area contributed by atoms with Gasteiger partial charge in [-0.3, -0.25) is 9.59 Å². The number of carboxylic acid groups (broad SMARTS) is 1. The zero-order chi connectivity index (χ0) is 15.4. The van der Waals surface area contributed by atoms with Gasteiger partial charge >= 0.3 is 11.9 Å². The van der Waals surface area contributed by atoms with Crippen molar-refractivity contribution in [2.75, 3.05) is 7.11 Å². The van der Waals surface area contributed by atoms with Crippen LogP contribution in [0.25, 0.3) is 17.0 Å². The molecule has 1 N–H and O–H groups in total. The molecule has 0 unspecified atom stereocenters. The molecule has 0 bridgehead atoms. The molecule has 0 aliphatic carbocycles. The number of benzene rings is 1. The zero-order valence-corrected chi connectivity index (χ0v) is 11.2. The predicted octanol–water partition coefficient (Wildman–Crippen LogP) is 2.07. The van der Waals surface area contributed by atoms with Crippen LogP contribution in [0.2, 0.25) is 0 Å². The molecule has 0 saturated heterocycles. The molecule has 0 aliphatic rings. The van der Waals surface area contributed by atoms with E-state index in [1.54, 1.807) is 24.3 Å². The van der Waals surface area contributed by atoms with Crippen molar-refractivity contribution in [3.63, 3.8) is 0 Å². The predicted molar refractivity (Wildman–Crippen MR) is 75.1 cm³/mol. The summed E-state index contributed by atoms with van der Waals surface area (Å²) in [5, 5.41) is 9.11. The molecule has 0 fully saturated rings. The Hall–Kier alpha value is -2.89. The molecule has 1 aromatic heterocycles. The van der Waals surface area contributed by atoms with Crippen molar-refractivity contribution in [3.8, 4) is 0 Å². The number of aromatic carboxylic acids is 1. The van der Waals surface area contributed by atoms with Crippen LogP contribution >= 0.6 is 0 Å². The highest BCUT2D eigenvalue weighted by Gasteiger charge is 2.10. The van der Waals surface area contributed by atoms with Crippen LogP contribution in [0.15, 0.2) is 39.6 Å². The molecular formula is C15H12O6. The van der Waals surface area contributed by atoms with Crippen molar-refractivity contribution in [1.82, 2.24) is 0 Å². The molecule has 21 heavy (non-hydrogen) atoms. The van der Waals surface area contributed by atoms with Crippen LogP contribution in [-0.4, -0.2) is 24.2 Å². The lowest BCUT2D eigenvalue weighted by Gasteiger charge is -2.00. The maximum atomic E-state index is 11.9. The lowest BCUT2D eigenvalue weighted by molar-refractivity contribution is -0.139. The van der Waals surface area contributed by atoms with Crippen LogP contribution in [0.4, 0.5) is 0 Å². The first-order valence-electron chi connectivity index (χ1n) is 6.06. The Morgan fingerprint density at radius 3 is 2.76 bits per heavy atom. The van der Waals surface area contributed by atoms with Crippen LogP contribution in [0, 0.1) is 0 Å². The van der Waals surface area contributed by atoms with Gasteiger partial charge in [-0.15, -0.1) is 0 Å². The summed E-state index contributed by atoms with van der Waals surface area (Å²) in [6.07, 6.45) is 3.41. The molecule has 0 aliphatic heterocycles. The number of ether oxygens (including phenoxy) is 1. The van der Waals surface area contributed by atoms with E-state index in [2.05, 4.69) is 4.74 Å². The second kappa shape index (κ2) is 6.04. The Kier molecular flexibility index (Phi) is 4.18. The van der Waals surface area contributed by atoms with E-state index in [1.807, 2.05) is 0 Å². The van der Waals surface area contributed by atoms with E-state index in [9.17, 15) is 14.4 Å². The summed E-state index contributed by atoms with van der Waals surface area (Å²) in [5.41, 5.74) is 0.462. The fraction of sp³-hybridized carbons (Fsp3) is 0.133. The molecule has 6 nitrogen and oxygen atoms in total. The normalized spacial score (nSPS) is 10.9. The van der Waals surface area contributed by atoms with Crippen molar-refractivity contribution >= 4 is 29.0 Å². The molecule has 2 aromatic rings. The highest BCUT2D eigenvalue weighted by molar-refractivity contribution is 5.88. The summed E-state index contributed by atoms with van der Waals surface area (Å²) in [6.45, 7) is 0. The number of rotatable bonds is 4. The fourth-order valence-electron chi connectivity index (χ4n) is 1.76. The highest BCUT2D eigenvalue weighted by atomic mass is 16.5. The smallest absolute Gasteiger partial charge is 0.371 e. The molecule has 0 radical (unpaired) electrons. The average molecular weight is 288 g/mol. The number of carbonyl (C=O) groups is 2. The average Bonchev–Trinajstić information content (AvgIpc) is 2.47. The van der Waals surface area contributed by atoms with Gasteiger partial charge in [-0.25, -0.2) is 4.79 Å². The number of hydrogen-bond donors (Lipinski definition) is 1. The zero-order valence-electron chi connectivity index (χ0n) is 11.2. The minimum absolute atomic E-state index is 0.126. The lowest BCUT2D eigenvalue weighted by atomic mass is 10.1. The van der Waals surface area contributed by atoms with Gasteiger partial charge in [0.1, 0.15) is 5.58 Å². The monoisotopic (exact) mass is 288 g/mol. The Labute approximate surface area is 119 Å². The van der Waals surface area contributed by atoms with Gasteiger partial charge in [0.05, 0.1) is 18.9 Å². The molecule has 2 rings (SSSR count). The fourth-order valence-corrected chi connectivity index (χ4v) is 1.76. The van der Waals surface area contributed by atoms with Crippen LogP contribution in [-0.2, 0) is 9.53 Å². The Bertz CT molecular complexity index is 784. The molecule has 6 heteroatoms. The maximum Gasteiger partial charge on any atom is 0.371 e. The SMILES string of the molecule is COC(=O)CC=Cc1ccc2oc(C(=O)O)cc(=O)c2c1. The van der Waals surface area contributed by atoms with Gasteiger partial charge in [-0.2, -0.15) is 0 Å². The van der Waals surface area contributed by atoms with Crippen molar-refractivity contribution < 1.29 is 23.8 Å². The number of fused-ring (bicyclic) bond motifs is 1. The molecule has 108 valence electrons. The summed E-state index contributed by atoms with van der Waals surface area (Å²) in [4.78, 5) is 33.6. The van der Waals surface area contributed by atoms with E-state index < -0.39 is 17.2 Å². The van der Waals surface area contributed by atoms with Gasteiger partial charge in [0.2, 0.25) is 5.76 Å². The summed E-state index contributed by atoms with van der Waals surface area (Å²) in [5.74, 6) is -2.06. The van der Waals surface area contributed by atoms with Crippen molar-refractivity contribution in [1.29, 1.82) is 0 Å². The molecule has 1 heterocycles. The first kappa shape index (κ1) is 14.5. The number of hydrogen-bond acceptors (Lipinski definition) is 5. The van der Waals surface area contributed by atoms with Crippen LogP contribution in [0.1, 0.15) is 22.5 Å². The first-order valence-corrected chi connectivity index (χ1v) is 6.06. The van der Waals surface area contributed by atoms with E-state index in [-0.39, 0.29) is 23.4 Å². The van der Waals surface area contributed by atoms with E-state index in [4.69, 9.17) is 9.52 Å². The number of carbonyl (C=O) groups excluding carboxylic acids is 1. The molecule has 0 saturated carbocycles. The Morgan fingerprint density at radius 2 is 2.10 bits per heavy atom. The van der Waals surface area contributed by atoms with E-state index >= 15 is 0 Å². The third kappa shape index (κ3) is 3.36. The summed E-state index contributed by atoms with van der Waals surface area (Å²) >= 11 is 0. The van der Waals surface area contributed by atoms with Crippen LogP contribution in [0.3, 0.4) is 0 Å². The van der Waals surface area contributed by atoms with Gasteiger partial charge in [-0.05, 0) is 17.7 Å². The summed E-state index contributed by atoms with van der Waals surface area (Å²) in [6, 6.07) is 5.68. The van der Waals surface area contributed by atoms with Gasteiger partial charge < -0.3 is 14.3 Å². The second-order valence-corrected chi connectivity index (χ2v) is 4.22. The van der Waals surface area contributed by atoms with Crippen LogP contribution < -0.4 is 5.43 Å². The third-order valence-corrected chi connectivity index (χ3v) is 2.78. The maximum absolute atomic E-state index is 11.9. The standard InChI is InChI=1S/C15H12O6/c1-20-14(17)4-2-3-9-5-6-12-10(7-9)11(16)8-13(21-12)15(18)19/h2-3,5-8H,4H2,1H3,(H,18,19). The number of methoxy groups -OCH3 is 1. The van der Waals surface area contributed by atoms with Crippen molar-refractivity contribution in [3.05, 3.63) is 51.9 Å². The molecule has 0 amide bonds. The minimum atomic E-state index is -1.30. The molecule has 0 spiro atoms. The van der Waals surface area contributed by atoms with Gasteiger partial charge in [-0.1, -0.05) is 18.2 Å². The second-order valence-electron chi connectivity index (χ2n) is 4.22. The summed E-state index contributed by atoms with van der Waals surface area (Å²) in [7, 11) is 1.30. The largest absolute Gasteiger partial charge is 0.475 e. The van der Waals surface area contributed by atoms with E-state index in [1.165, 1.54) is 13.2 Å². The number of esters is 1. The Balaban J connectivity index is 2.36. The topological polar surface area (TPSA) is 93.8 Å². The lowest BCUT2D eigenvalue weighted by Crippen LogP contribution is -2.06. The minimum Gasteiger partial charge on any atom is -0.475 e. The van der Waals surface area contributed by atoms with Crippen molar-refractivity contribution in [2.24, 2.45) is 0 Å². The summed E-state index contributed by atoms with van der Waals surface area (Å²) < 4.78 is 9.62. The van der Waals surface area contributed by atoms with Crippen molar-refractivity contribution in [2.45, 2.75) is 6.42 Å². The quantitative estimate of drug-likeness (QED) is 0.865. The third-order valence-electron chi connectivity index (χ3n) is 2.78. The van der Waals surface area contributed by atoms with Gasteiger partial charge in [0, 0.05) is 6.07 Å². The molecule has 1 aromatic carbocycles. The molecular weight excluding hydrogens is 276 g/mol. The van der Waals surface area contributed by atoms with Crippen LogP contribution in [0.5, 0.6) is 0 Å².